The van der Waals surface area contributed by atoms with E-state index in [-0.39, 0.29) is 18.4 Å². The van der Waals surface area contributed by atoms with Crippen molar-refractivity contribution in [3.05, 3.63) is 77.4 Å². The number of hydrogen-bond acceptors (Lipinski definition) is 7. The van der Waals surface area contributed by atoms with Gasteiger partial charge in [-0.15, -0.1) is 0 Å². The summed E-state index contributed by atoms with van der Waals surface area (Å²) in [6, 6.07) is 18.4. The molecule has 36 heavy (non-hydrogen) atoms. The van der Waals surface area contributed by atoms with E-state index in [1.165, 1.54) is 14.2 Å². The molecule has 0 bridgehead atoms. The molecule has 4 rings (SSSR count). The van der Waals surface area contributed by atoms with Gasteiger partial charge in [0.1, 0.15) is 30.0 Å². The zero-order valence-corrected chi connectivity index (χ0v) is 20.9. The average Bonchev–Trinajstić information content (AvgIpc) is 2.87. The van der Waals surface area contributed by atoms with Crippen molar-refractivity contribution >= 4 is 23.3 Å². The van der Waals surface area contributed by atoms with Gasteiger partial charge in [0.15, 0.2) is 0 Å². The molecule has 1 aliphatic rings. The second kappa shape index (κ2) is 11.0. The van der Waals surface area contributed by atoms with Crippen LogP contribution in [-0.4, -0.2) is 52.4 Å². The number of para-hydroxylation sites is 2. The Bertz CT molecular complexity index is 1260. The van der Waals surface area contributed by atoms with Gasteiger partial charge < -0.3 is 29.2 Å². The molecule has 0 aliphatic carbocycles. The number of aryl methyl sites for hydroxylation is 1. The summed E-state index contributed by atoms with van der Waals surface area (Å²) in [4.78, 5) is 26.8. The van der Waals surface area contributed by atoms with Crippen molar-refractivity contribution in [2.45, 2.75) is 19.4 Å². The third kappa shape index (κ3) is 5.71. The Morgan fingerprint density at radius 3 is 2.64 bits per heavy atom. The Kier molecular flexibility index (Phi) is 7.63. The van der Waals surface area contributed by atoms with Crippen molar-refractivity contribution in [1.82, 2.24) is 0 Å². The Morgan fingerprint density at radius 2 is 1.89 bits per heavy atom. The fraction of sp³-hybridized carbons (Fsp3) is 0.286. The minimum Gasteiger partial charge on any atom is -0.496 e. The number of anilines is 2. The predicted molar refractivity (Wildman–Crippen MR) is 137 cm³/mol. The van der Waals surface area contributed by atoms with E-state index in [2.05, 4.69) is 10.2 Å². The van der Waals surface area contributed by atoms with Crippen molar-refractivity contribution in [2.24, 2.45) is 0 Å². The van der Waals surface area contributed by atoms with E-state index in [0.717, 1.165) is 23.5 Å². The second-order valence-electron chi connectivity index (χ2n) is 8.61. The van der Waals surface area contributed by atoms with E-state index in [4.69, 9.17) is 18.9 Å². The Hall–Kier alpha value is -4.20. The molecule has 3 aromatic rings. The number of carbonyl (C=O) groups excluding carboxylic acids is 2. The molecule has 0 aromatic heterocycles. The molecule has 1 amide bonds. The number of ether oxygens (including phenoxy) is 4. The van der Waals surface area contributed by atoms with Crippen LogP contribution in [0.25, 0.3) is 0 Å². The van der Waals surface area contributed by atoms with Crippen LogP contribution in [0.1, 0.15) is 21.5 Å². The fourth-order valence-electron chi connectivity index (χ4n) is 4.17. The van der Waals surface area contributed by atoms with E-state index >= 15 is 0 Å². The summed E-state index contributed by atoms with van der Waals surface area (Å²) in [6.07, 6.45) is -0.0667. The normalized spacial score (nSPS) is 14.3. The summed E-state index contributed by atoms with van der Waals surface area (Å²) in [6.45, 7) is 2.97. The number of likely N-dealkylation sites (N-methyl/N-ethyl adjacent to an activating group) is 1. The van der Waals surface area contributed by atoms with Crippen molar-refractivity contribution in [3.63, 3.8) is 0 Å². The van der Waals surface area contributed by atoms with Gasteiger partial charge in [-0.05, 0) is 61.0 Å². The number of rotatable bonds is 8. The standard InChI is InChI=1S/C28H30N2O6/c1-18-13-21(35-17-22-16-30(2)24-7-5-6-8-26(24)36-22)10-11-23(18)28(32)29-20-9-12-25(33-3)19(14-20)15-27(31)34-4/h5-14,22H,15-17H2,1-4H3,(H,29,32)/t22-/m0/s1. The largest absolute Gasteiger partial charge is 0.496 e. The lowest BCUT2D eigenvalue weighted by Crippen LogP contribution is -2.41. The van der Waals surface area contributed by atoms with Crippen molar-refractivity contribution in [1.29, 1.82) is 0 Å². The van der Waals surface area contributed by atoms with E-state index in [9.17, 15) is 9.59 Å². The Morgan fingerprint density at radius 1 is 1.08 bits per heavy atom. The summed E-state index contributed by atoms with van der Waals surface area (Å²) < 4.78 is 22.1. The smallest absolute Gasteiger partial charge is 0.310 e. The van der Waals surface area contributed by atoms with Crippen LogP contribution in [0.2, 0.25) is 0 Å². The summed E-state index contributed by atoms with van der Waals surface area (Å²) in [5.41, 5.74) is 3.55. The van der Waals surface area contributed by atoms with E-state index in [1.54, 1.807) is 30.3 Å². The first-order valence-corrected chi connectivity index (χ1v) is 11.6. The molecule has 0 radical (unpaired) electrons. The molecule has 0 saturated carbocycles. The number of benzene rings is 3. The van der Waals surface area contributed by atoms with Crippen LogP contribution in [0.15, 0.2) is 60.7 Å². The molecule has 3 aromatic carbocycles. The molecule has 1 atom stereocenters. The molecular formula is C28H30N2O6. The molecular weight excluding hydrogens is 460 g/mol. The number of nitrogens with zero attached hydrogens (tertiary/aromatic N) is 1. The van der Waals surface area contributed by atoms with Gasteiger partial charge in [-0.1, -0.05) is 12.1 Å². The first kappa shape index (κ1) is 24.9. The zero-order chi connectivity index (χ0) is 25.7. The van der Waals surface area contributed by atoms with Crippen LogP contribution >= 0.6 is 0 Å². The fourth-order valence-corrected chi connectivity index (χ4v) is 4.17. The number of esters is 1. The third-order valence-electron chi connectivity index (χ3n) is 6.03. The van der Waals surface area contributed by atoms with Gasteiger partial charge in [-0.3, -0.25) is 9.59 Å². The maximum absolute atomic E-state index is 12.9. The van der Waals surface area contributed by atoms with E-state index in [1.807, 2.05) is 44.3 Å². The number of nitrogens with one attached hydrogen (secondary N) is 1. The first-order chi connectivity index (χ1) is 17.4. The van der Waals surface area contributed by atoms with Crippen LogP contribution in [0, 0.1) is 6.92 Å². The molecule has 0 unspecified atom stereocenters. The highest BCUT2D eigenvalue weighted by Crippen LogP contribution is 2.32. The van der Waals surface area contributed by atoms with Crippen LogP contribution in [-0.2, 0) is 16.0 Å². The van der Waals surface area contributed by atoms with Gasteiger partial charge in [0.25, 0.3) is 5.91 Å². The lowest BCUT2D eigenvalue weighted by Gasteiger charge is -2.33. The SMILES string of the molecule is COC(=O)Cc1cc(NC(=O)c2ccc(OC[C@@H]3CN(C)c4ccccc4O3)cc2C)ccc1OC. The van der Waals surface area contributed by atoms with Crippen molar-refractivity contribution < 1.29 is 28.5 Å². The third-order valence-corrected chi connectivity index (χ3v) is 6.03. The van der Waals surface area contributed by atoms with E-state index in [0.29, 0.717) is 34.9 Å². The maximum atomic E-state index is 12.9. The van der Waals surface area contributed by atoms with Gasteiger partial charge in [-0.2, -0.15) is 0 Å². The van der Waals surface area contributed by atoms with Gasteiger partial charge in [0.05, 0.1) is 32.9 Å². The molecule has 1 N–H and O–H groups in total. The highest BCUT2D eigenvalue weighted by molar-refractivity contribution is 6.05. The number of fused-ring (bicyclic) bond motifs is 1. The number of methoxy groups -OCH3 is 2. The Labute approximate surface area is 210 Å². The van der Waals surface area contributed by atoms with Gasteiger partial charge >= 0.3 is 5.97 Å². The molecule has 1 heterocycles. The highest BCUT2D eigenvalue weighted by atomic mass is 16.5. The summed E-state index contributed by atoms with van der Waals surface area (Å²) in [5.74, 6) is 1.41. The lowest BCUT2D eigenvalue weighted by molar-refractivity contribution is -0.139. The molecule has 0 spiro atoms. The summed E-state index contributed by atoms with van der Waals surface area (Å²) in [5, 5.41) is 2.89. The Balaban J connectivity index is 1.39. The minimum absolute atomic E-state index is 0.0422. The zero-order valence-electron chi connectivity index (χ0n) is 20.9. The second-order valence-corrected chi connectivity index (χ2v) is 8.61. The average molecular weight is 491 g/mol. The number of carbonyl (C=O) groups is 2. The van der Waals surface area contributed by atoms with Gasteiger partial charge in [0, 0.05) is 23.9 Å². The molecule has 0 saturated heterocycles. The topological polar surface area (TPSA) is 86.3 Å². The quantitative estimate of drug-likeness (QED) is 0.473. The van der Waals surface area contributed by atoms with Crippen LogP contribution in [0.4, 0.5) is 11.4 Å². The lowest BCUT2D eigenvalue weighted by atomic mass is 10.1. The van der Waals surface area contributed by atoms with Crippen molar-refractivity contribution in [3.8, 4) is 17.2 Å². The monoisotopic (exact) mass is 490 g/mol. The van der Waals surface area contributed by atoms with Crippen LogP contribution < -0.4 is 24.4 Å². The van der Waals surface area contributed by atoms with E-state index < -0.39 is 5.97 Å². The van der Waals surface area contributed by atoms with Crippen LogP contribution in [0.3, 0.4) is 0 Å². The summed E-state index contributed by atoms with van der Waals surface area (Å²) >= 11 is 0. The molecule has 0 fully saturated rings. The molecule has 8 nitrogen and oxygen atoms in total. The predicted octanol–water partition coefficient (Wildman–Crippen LogP) is 4.25. The number of amides is 1. The number of hydrogen-bond donors (Lipinski definition) is 1. The molecule has 8 heteroatoms. The van der Waals surface area contributed by atoms with Crippen molar-refractivity contribution in [2.75, 3.05) is 44.6 Å². The van der Waals surface area contributed by atoms with Gasteiger partial charge in [0.2, 0.25) is 0 Å². The highest BCUT2D eigenvalue weighted by Gasteiger charge is 2.23. The van der Waals surface area contributed by atoms with Gasteiger partial charge in [-0.25, -0.2) is 0 Å². The minimum atomic E-state index is -0.391. The summed E-state index contributed by atoms with van der Waals surface area (Å²) in [7, 11) is 4.89. The van der Waals surface area contributed by atoms with Crippen LogP contribution in [0.5, 0.6) is 17.2 Å². The molecule has 1 aliphatic heterocycles. The molecule has 188 valence electrons. The first-order valence-electron chi connectivity index (χ1n) is 11.6. The maximum Gasteiger partial charge on any atom is 0.310 e.